The van der Waals surface area contributed by atoms with E-state index in [9.17, 15) is 4.79 Å². The Morgan fingerprint density at radius 3 is 2.60 bits per heavy atom. The number of anilines is 1. The van der Waals surface area contributed by atoms with Crippen LogP contribution in [-0.4, -0.2) is 28.3 Å². The number of aliphatic hydroxyl groups is 1. The molecule has 0 aliphatic heterocycles. The van der Waals surface area contributed by atoms with Gasteiger partial charge in [0.05, 0.1) is 6.61 Å². The summed E-state index contributed by atoms with van der Waals surface area (Å²) in [5.41, 5.74) is -0.736. The van der Waals surface area contributed by atoms with Crippen LogP contribution in [0.5, 0.6) is 0 Å². The van der Waals surface area contributed by atoms with E-state index in [1.165, 1.54) is 6.92 Å². The van der Waals surface area contributed by atoms with Gasteiger partial charge in [0.25, 0.3) is 0 Å². The van der Waals surface area contributed by atoms with Gasteiger partial charge >= 0.3 is 5.97 Å². The summed E-state index contributed by atoms with van der Waals surface area (Å²) in [6.07, 6.45) is 0. The normalized spacial score (nSPS) is 14.3. The quantitative estimate of drug-likeness (QED) is 0.781. The molecule has 15 heavy (non-hydrogen) atoms. The number of hydrogen-bond acceptors (Lipinski definition) is 3. The lowest BCUT2D eigenvalue weighted by molar-refractivity contribution is -0.143. The van der Waals surface area contributed by atoms with Crippen LogP contribution in [0, 0.1) is 0 Å². The van der Waals surface area contributed by atoms with Gasteiger partial charge in [-0.05, 0) is 35.0 Å². The molecule has 0 spiro atoms. The Hall–Kier alpha value is -1.07. The molecule has 82 valence electrons. The number of hydrogen-bond donors (Lipinski definition) is 3. The van der Waals surface area contributed by atoms with Gasteiger partial charge < -0.3 is 15.5 Å². The maximum Gasteiger partial charge on any atom is 0.331 e. The van der Waals surface area contributed by atoms with Gasteiger partial charge in [0, 0.05) is 10.2 Å². The third kappa shape index (κ3) is 2.70. The van der Waals surface area contributed by atoms with Crippen LogP contribution in [0.15, 0.2) is 28.7 Å². The van der Waals surface area contributed by atoms with Crippen LogP contribution in [-0.2, 0) is 4.79 Å². The highest BCUT2D eigenvalue weighted by molar-refractivity contribution is 9.10. The van der Waals surface area contributed by atoms with Gasteiger partial charge in [0.2, 0.25) is 0 Å². The highest BCUT2D eigenvalue weighted by atomic mass is 79.9. The van der Waals surface area contributed by atoms with Crippen LogP contribution in [0.3, 0.4) is 0 Å². The van der Waals surface area contributed by atoms with Crippen molar-refractivity contribution < 1.29 is 15.0 Å². The maximum atomic E-state index is 10.9. The molecular formula is C10H12BrNO3. The minimum atomic E-state index is -1.37. The van der Waals surface area contributed by atoms with E-state index in [4.69, 9.17) is 10.2 Å². The summed E-state index contributed by atoms with van der Waals surface area (Å²) in [4.78, 5) is 10.9. The van der Waals surface area contributed by atoms with Crippen LogP contribution < -0.4 is 5.32 Å². The van der Waals surface area contributed by atoms with E-state index in [0.717, 1.165) is 4.47 Å². The van der Waals surface area contributed by atoms with E-state index < -0.39 is 18.1 Å². The summed E-state index contributed by atoms with van der Waals surface area (Å²) in [5.74, 6) is -1.10. The molecule has 0 radical (unpaired) electrons. The summed E-state index contributed by atoms with van der Waals surface area (Å²) in [6.45, 7) is 0.943. The van der Waals surface area contributed by atoms with E-state index in [0.29, 0.717) is 5.69 Å². The molecule has 0 fully saturated rings. The Bertz CT molecular complexity index is 369. The second-order valence-electron chi connectivity index (χ2n) is 3.40. The summed E-state index contributed by atoms with van der Waals surface area (Å²) in [7, 11) is 0. The number of nitrogens with one attached hydrogen (secondary N) is 1. The van der Waals surface area contributed by atoms with E-state index in [-0.39, 0.29) is 0 Å². The molecule has 0 aliphatic rings. The molecule has 1 rings (SSSR count). The standard InChI is InChI=1S/C10H12BrNO3/c1-10(6-13,9(14)15)12-8-5-3-2-4-7(8)11/h2-5,12-13H,6H2,1H3,(H,14,15). The Labute approximate surface area is 96.1 Å². The van der Waals surface area contributed by atoms with Crippen LogP contribution in [0.4, 0.5) is 5.69 Å². The fraction of sp³-hybridized carbons (Fsp3) is 0.300. The number of carboxylic acid groups (broad SMARTS) is 1. The largest absolute Gasteiger partial charge is 0.479 e. The number of carboxylic acids is 1. The van der Waals surface area contributed by atoms with Gasteiger partial charge in [-0.15, -0.1) is 0 Å². The number of halogens is 1. The number of aliphatic hydroxyl groups excluding tert-OH is 1. The first kappa shape index (κ1) is 12.0. The summed E-state index contributed by atoms with van der Waals surface area (Å²) in [6, 6.07) is 7.14. The number of carbonyl (C=O) groups is 1. The Morgan fingerprint density at radius 1 is 1.53 bits per heavy atom. The molecule has 1 aromatic rings. The minimum absolute atomic E-state index is 0.482. The summed E-state index contributed by atoms with van der Waals surface area (Å²) < 4.78 is 0.755. The molecule has 0 saturated carbocycles. The first-order valence-corrected chi connectivity index (χ1v) is 5.16. The molecule has 4 nitrogen and oxygen atoms in total. The average Bonchev–Trinajstić information content (AvgIpc) is 2.21. The first-order valence-electron chi connectivity index (χ1n) is 4.36. The van der Waals surface area contributed by atoms with Crippen molar-refractivity contribution in [1.82, 2.24) is 0 Å². The van der Waals surface area contributed by atoms with Gasteiger partial charge in [0.15, 0.2) is 5.54 Å². The van der Waals surface area contributed by atoms with Gasteiger partial charge in [-0.25, -0.2) is 4.79 Å². The molecule has 0 saturated heterocycles. The van der Waals surface area contributed by atoms with Crippen molar-refractivity contribution in [3.63, 3.8) is 0 Å². The molecule has 0 aliphatic carbocycles. The fourth-order valence-electron chi connectivity index (χ4n) is 1.02. The van der Waals surface area contributed by atoms with Crippen LogP contribution >= 0.6 is 15.9 Å². The predicted molar refractivity (Wildman–Crippen MR) is 60.9 cm³/mol. The number of benzene rings is 1. The van der Waals surface area contributed by atoms with E-state index in [1.807, 2.05) is 6.07 Å². The second kappa shape index (κ2) is 4.63. The van der Waals surface area contributed by atoms with Gasteiger partial charge in [-0.3, -0.25) is 0 Å². The smallest absolute Gasteiger partial charge is 0.331 e. The first-order chi connectivity index (χ1) is 6.99. The highest BCUT2D eigenvalue weighted by Crippen LogP contribution is 2.24. The summed E-state index contributed by atoms with van der Waals surface area (Å²) in [5, 5.41) is 20.8. The Balaban J connectivity index is 2.94. The van der Waals surface area contributed by atoms with E-state index >= 15 is 0 Å². The lowest BCUT2D eigenvalue weighted by Gasteiger charge is -2.25. The highest BCUT2D eigenvalue weighted by Gasteiger charge is 2.32. The van der Waals surface area contributed by atoms with Crippen LogP contribution in [0.1, 0.15) is 6.92 Å². The molecule has 0 bridgehead atoms. The van der Waals surface area contributed by atoms with Crippen molar-refractivity contribution >= 4 is 27.6 Å². The second-order valence-corrected chi connectivity index (χ2v) is 4.25. The fourth-order valence-corrected chi connectivity index (χ4v) is 1.40. The van der Waals surface area contributed by atoms with Crippen molar-refractivity contribution in [3.05, 3.63) is 28.7 Å². The molecular weight excluding hydrogens is 262 g/mol. The maximum absolute atomic E-state index is 10.9. The Morgan fingerprint density at radius 2 is 2.13 bits per heavy atom. The van der Waals surface area contributed by atoms with Crippen molar-refractivity contribution in [1.29, 1.82) is 0 Å². The van der Waals surface area contributed by atoms with Crippen molar-refractivity contribution in [3.8, 4) is 0 Å². The molecule has 0 heterocycles. The van der Waals surface area contributed by atoms with Crippen molar-refractivity contribution in [2.45, 2.75) is 12.5 Å². The third-order valence-electron chi connectivity index (χ3n) is 2.07. The van der Waals surface area contributed by atoms with Gasteiger partial charge in [-0.2, -0.15) is 0 Å². The SMILES string of the molecule is CC(CO)(Nc1ccccc1Br)C(=O)O. The zero-order valence-corrected chi connectivity index (χ0v) is 9.78. The van der Waals surface area contributed by atoms with Crippen molar-refractivity contribution in [2.24, 2.45) is 0 Å². The van der Waals surface area contributed by atoms with E-state index in [2.05, 4.69) is 21.2 Å². The molecule has 1 aromatic carbocycles. The average molecular weight is 274 g/mol. The molecule has 1 unspecified atom stereocenters. The minimum Gasteiger partial charge on any atom is -0.479 e. The van der Waals surface area contributed by atoms with Gasteiger partial charge in [0.1, 0.15) is 0 Å². The predicted octanol–water partition coefficient (Wildman–Crippen LogP) is 1.70. The molecule has 0 aromatic heterocycles. The lowest BCUT2D eigenvalue weighted by Crippen LogP contribution is -2.46. The number of para-hydroxylation sites is 1. The van der Waals surface area contributed by atoms with Crippen molar-refractivity contribution in [2.75, 3.05) is 11.9 Å². The zero-order valence-electron chi connectivity index (χ0n) is 8.20. The van der Waals surface area contributed by atoms with Gasteiger partial charge in [-0.1, -0.05) is 12.1 Å². The molecule has 5 heteroatoms. The van der Waals surface area contributed by atoms with E-state index in [1.54, 1.807) is 18.2 Å². The monoisotopic (exact) mass is 273 g/mol. The topological polar surface area (TPSA) is 69.6 Å². The number of aliphatic carboxylic acids is 1. The van der Waals surface area contributed by atoms with Crippen LogP contribution in [0.2, 0.25) is 0 Å². The lowest BCUT2D eigenvalue weighted by atomic mass is 10.0. The third-order valence-corrected chi connectivity index (χ3v) is 2.76. The zero-order chi connectivity index (χ0) is 11.5. The molecule has 3 N–H and O–H groups in total. The Kier molecular flexibility index (Phi) is 3.71. The number of rotatable bonds is 4. The summed E-state index contributed by atoms with van der Waals surface area (Å²) >= 11 is 3.29. The molecule has 1 atom stereocenters. The van der Waals surface area contributed by atoms with Crippen LogP contribution in [0.25, 0.3) is 0 Å². The molecule has 0 amide bonds.